The summed E-state index contributed by atoms with van der Waals surface area (Å²) in [5, 5.41) is 10.6. The second kappa shape index (κ2) is 7.30. The fraction of sp³-hybridized carbons (Fsp3) is 0.143. The van der Waals surface area contributed by atoms with E-state index in [-0.39, 0.29) is 23.4 Å². The van der Waals surface area contributed by atoms with Crippen molar-refractivity contribution in [3.63, 3.8) is 0 Å². The number of phenols is 1. The lowest BCUT2D eigenvalue weighted by atomic mass is 10.0. The van der Waals surface area contributed by atoms with E-state index in [1.807, 2.05) is 24.3 Å². The van der Waals surface area contributed by atoms with Crippen LogP contribution in [0.4, 0.5) is 0 Å². The van der Waals surface area contributed by atoms with Crippen molar-refractivity contribution in [2.24, 2.45) is 0 Å². The van der Waals surface area contributed by atoms with E-state index in [1.54, 1.807) is 18.2 Å². The Bertz CT molecular complexity index is 543. The number of halogens is 3. The zero-order valence-electron chi connectivity index (χ0n) is 9.88. The van der Waals surface area contributed by atoms with E-state index in [4.69, 9.17) is 23.2 Å². The molecule has 0 saturated carbocycles. The van der Waals surface area contributed by atoms with Gasteiger partial charge >= 0.3 is 0 Å². The van der Waals surface area contributed by atoms with Crippen molar-refractivity contribution in [1.29, 1.82) is 0 Å². The van der Waals surface area contributed by atoms with Crippen LogP contribution in [0.15, 0.2) is 42.5 Å². The molecule has 0 fully saturated rings. The monoisotopic (exact) mass is 334 g/mol. The van der Waals surface area contributed by atoms with E-state index in [0.717, 1.165) is 11.1 Å². The van der Waals surface area contributed by atoms with Gasteiger partial charge in [0.25, 0.3) is 0 Å². The molecule has 0 aliphatic carbocycles. The normalized spacial score (nSPS) is 11.7. The second-order valence-electron chi connectivity index (χ2n) is 4.05. The third-order valence-electron chi connectivity index (χ3n) is 2.71. The summed E-state index contributed by atoms with van der Waals surface area (Å²) < 4.78 is 0. The van der Waals surface area contributed by atoms with Gasteiger partial charge < -0.3 is 5.11 Å². The van der Waals surface area contributed by atoms with E-state index in [9.17, 15) is 5.11 Å². The third-order valence-corrected chi connectivity index (χ3v) is 3.77. The van der Waals surface area contributed by atoms with Crippen LogP contribution in [0.25, 0.3) is 0 Å². The highest BCUT2D eigenvalue weighted by Crippen LogP contribution is 2.30. The van der Waals surface area contributed by atoms with Crippen molar-refractivity contribution < 1.29 is 5.11 Å². The molecular formula is C14H13Cl3OS. The number of rotatable bonds is 3. The molecule has 102 valence electrons. The van der Waals surface area contributed by atoms with Crippen molar-refractivity contribution in [2.75, 3.05) is 0 Å². The SMILES string of the molecule is Cl.Oc1ccc(C(S)Cc2ccc(Cl)cc2Cl)cc1. The van der Waals surface area contributed by atoms with E-state index in [1.165, 1.54) is 0 Å². The summed E-state index contributed by atoms with van der Waals surface area (Å²) in [6.45, 7) is 0. The summed E-state index contributed by atoms with van der Waals surface area (Å²) >= 11 is 16.5. The lowest BCUT2D eigenvalue weighted by Crippen LogP contribution is -1.96. The molecule has 0 heterocycles. The maximum absolute atomic E-state index is 9.24. The number of hydrogen-bond donors (Lipinski definition) is 2. The van der Waals surface area contributed by atoms with Crippen LogP contribution in [0.5, 0.6) is 5.75 Å². The quantitative estimate of drug-likeness (QED) is 0.726. The number of benzene rings is 2. The Morgan fingerprint density at radius 2 is 1.68 bits per heavy atom. The maximum Gasteiger partial charge on any atom is 0.115 e. The first-order chi connectivity index (χ1) is 8.56. The number of hydrogen-bond acceptors (Lipinski definition) is 2. The first kappa shape index (κ1) is 16.5. The lowest BCUT2D eigenvalue weighted by molar-refractivity contribution is 0.475. The number of aromatic hydroxyl groups is 1. The first-order valence-electron chi connectivity index (χ1n) is 5.47. The largest absolute Gasteiger partial charge is 0.508 e. The van der Waals surface area contributed by atoms with Gasteiger partial charge in [0, 0.05) is 15.3 Å². The van der Waals surface area contributed by atoms with E-state index in [0.29, 0.717) is 16.5 Å². The molecule has 1 atom stereocenters. The van der Waals surface area contributed by atoms with Crippen LogP contribution in [0.1, 0.15) is 16.4 Å². The third kappa shape index (κ3) is 4.50. The molecule has 0 spiro atoms. The molecular weight excluding hydrogens is 323 g/mol. The zero-order chi connectivity index (χ0) is 13.1. The van der Waals surface area contributed by atoms with Crippen LogP contribution in [0, 0.1) is 0 Å². The zero-order valence-corrected chi connectivity index (χ0v) is 13.1. The van der Waals surface area contributed by atoms with E-state index >= 15 is 0 Å². The van der Waals surface area contributed by atoms with Crippen LogP contribution < -0.4 is 0 Å². The second-order valence-corrected chi connectivity index (χ2v) is 5.51. The molecule has 2 rings (SSSR count). The van der Waals surface area contributed by atoms with Crippen LogP contribution >= 0.6 is 48.2 Å². The van der Waals surface area contributed by atoms with Gasteiger partial charge in [-0.05, 0) is 41.8 Å². The Hall–Kier alpha value is -0.540. The molecule has 1 N–H and O–H groups in total. The topological polar surface area (TPSA) is 20.2 Å². The predicted octanol–water partition coefficient (Wildman–Crippen LogP) is 5.33. The van der Waals surface area contributed by atoms with Crippen molar-refractivity contribution >= 4 is 48.2 Å². The van der Waals surface area contributed by atoms with E-state index in [2.05, 4.69) is 12.6 Å². The van der Waals surface area contributed by atoms with Crippen LogP contribution in [-0.2, 0) is 6.42 Å². The summed E-state index contributed by atoms with van der Waals surface area (Å²) in [6.07, 6.45) is 0.712. The highest BCUT2D eigenvalue weighted by atomic mass is 35.5. The standard InChI is InChI=1S/C14H12Cl2OS.ClH/c15-11-4-1-10(13(16)8-11)7-14(18)9-2-5-12(17)6-3-9;/h1-6,8,14,17-18H,7H2;1H. The molecule has 0 aliphatic heterocycles. The Labute approximate surface area is 134 Å². The van der Waals surface area contributed by atoms with Gasteiger partial charge in [0.2, 0.25) is 0 Å². The molecule has 1 unspecified atom stereocenters. The van der Waals surface area contributed by atoms with Crippen molar-refractivity contribution in [3.05, 3.63) is 63.6 Å². The van der Waals surface area contributed by atoms with Gasteiger partial charge in [0.05, 0.1) is 0 Å². The molecule has 2 aromatic carbocycles. The fourth-order valence-electron chi connectivity index (χ4n) is 1.71. The molecule has 1 nitrogen and oxygen atoms in total. The van der Waals surface area contributed by atoms with E-state index < -0.39 is 0 Å². The van der Waals surface area contributed by atoms with Gasteiger partial charge in [-0.1, -0.05) is 41.4 Å². The van der Waals surface area contributed by atoms with Crippen LogP contribution in [0.3, 0.4) is 0 Å². The predicted molar refractivity (Wildman–Crippen MR) is 87.2 cm³/mol. The molecule has 0 amide bonds. The van der Waals surface area contributed by atoms with Crippen molar-refractivity contribution in [3.8, 4) is 5.75 Å². The Balaban J connectivity index is 0.00000180. The average molecular weight is 336 g/mol. The lowest BCUT2D eigenvalue weighted by Gasteiger charge is -2.12. The first-order valence-corrected chi connectivity index (χ1v) is 6.74. The molecule has 0 aliphatic rings. The van der Waals surface area contributed by atoms with Gasteiger partial charge in [-0.3, -0.25) is 0 Å². The molecule has 2 aromatic rings. The minimum Gasteiger partial charge on any atom is -0.508 e. The van der Waals surface area contributed by atoms with Crippen LogP contribution in [-0.4, -0.2) is 5.11 Å². The molecule has 19 heavy (non-hydrogen) atoms. The number of thiol groups is 1. The molecule has 5 heteroatoms. The van der Waals surface area contributed by atoms with Gasteiger partial charge in [-0.2, -0.15) is 12.6 Å². The summed E-state index contributed by atoms with van der Waals surface area (Å²) in [5.74, 6) is 0.254. The van der Waals surface area contributed by atoms with Crippen LogP contribution in [0.2, 0.25) is 10.0 Å². The Morgan fingerprint density at radius 1 is 1.05 bits per heavy atom. The van der Waals surface area contributed by atoms with Gasteiger partial charge in [0.1, 0.15) is 5.75 Å². The fourth-order valence-corrected chi connectivity index (χ4v) is 2.56. The molecule has 0 saturated heterocycles. The minimum atomic E-state index is 0. The van der Waals surface area contributed by atoms with Gasteiger partial charge in [0.15, 0.2) is 0 Å². The Kier molecular flexibility index (Phi) is 6.34. The average Bonchev–Trinajstić information content (AvgIpc) is 2.33. The highest BCUT2D eigenvalue weighted by Gasteiger charge is 2.10. The van der Waals surface area contributed by atoms with Crippen molar-refractivity contribution in [2.45, 2.75) is 11.7 Å². The minimum absolute atomic E-state index is 0. The summed E-state index contributed by atoms with van der Waals surface area (Å²) in [4.78, 5) is 0. The maximum atomic E-state index is 9.24. The van der Waals surface area contributed by atoms with Gasteiger partial charge in [-0.15, -0.1) is 12.4 Å². The molecule has 0 aromatic heterocycles. The smallest absolute Gasteiger partial charge is 0.115 e. The summed E-state index contributed by atoms with van der Waals surface area (Å²) in [5.41, 5.74) is 2.05. The molecule has 0 radical (unpaired) electrons. The molecule has 0 bridgehead atoms. The number of phenolic OH excluding ortho intramolecular Hbond substituents is 1. The highest BCUT2D eigenvalue weighted by molar-refractivity contribution is 7.80. The summed E-state index contributed by atoms with van der Waals surface area (Å²) in [6, 6.07) is 12.5. The van der Waals surface area contributed by atoms with Crippen molar-refractivity contribution in [1.82, 2.24) is 0 Å². The Morgan fingerprint density at radius 3 is 2.26 bits per heavy atom. The van der Waals surface area contributed by atoms with Gasteiger partial charge in [-0.25, -0.2) is 0 Å². The summed E-state index contributed by atoms with van der Waals surface area (Å²) in [7, 11) is 0.